The predicted octanol–water partition coefficient (Wildman–Crippen LogP) is 5.29. The SMILES string of the molecule is O=C(Nc1ccc(Cl)cc1)c1ccc(NS(=O)(=O)c2ccc(OC(F)(F)F)cc2)cc1. The van der Waals surface area contributed by atoms with E-state index in [1.54, 1.807) is 24.3 Å². The lowest BCUT2D eigenvalue weighted by atomic mass is 10.2. The Morgan fingerprint density at radius 3 is 1.94 bits per heavy atom. The Morgan fingerprint density at radius 1 is 0.839 bits per heavy atom. The van der Waals surface area contributed by atoms with Gasteiger partial charge in [-0.1, -0.05) is 11.6 Å². The summed E-state index contributed by atoms with van der Waals surface area (Å²) < 4.78 is 67.5. The molecule has 3 aromatic carbocycles. The Bertz CT molecular complexity index is 1170. The number of nitrogens with one attached hydrogen (secondary N) is 2. The summed E-state index contributed by atoms with van der Waals surface area (Å²) in [6.45, 7) is 0. The van der Waals surface area contributed by atoms with Crippen molar-refractivity contribution in [3.8, 4) is 5.75 Å². The average Bonchev–Trinajstić information content (AvgIpc) is 2.69. The zero-order valence-electron chi connectivity index (χ0n) is 15.5. The fraction of sp³-hybridized carbons (Fsp3) is 0.0500. The van der Waals surface area contributed by atoms with Gasteiger partial charge in [-0.15, -0.1) is 13.2 Å². The van der Waals surface area contributed by atoms with Gasteiger partial charge in [-0.3, -0.25) is 9.52 Å². The number of ether oxygens (including phenoxy) is 1. The van der Waals surface area contributed by atoms with Crippen molar-refractivity contribution < 1.29 is 31.1 Å². The van der Waals surface area contributed by atoms with E-state index in [4.69, 9.17) is 11.6 Å². The van der Waals surface area contributed by atoms with E-state index >= 15 is 0 Å². The van der Waals surface area contributed by atoms with E-state index in [2.05, 4.69) is 14.8 Å². The Morgan fingerprint density at radius 2 is 1.39 bits per heavy atom. The highest BCUT2D eigenvalue weighted by atomic mass is 35.5. The van der Waals surface area contributed by atoms with E-state index in [-0.39, 0.29) is 16.1 Å². The maximum absolute atomic E-state index is 12.4. The second-order valence-electron chi connectivity index (χ2n) is 6.16. The van der Waals surface area contributed by atoms with Gasteiger partial charge in [0.2, 0.25) is 0 Å². The fourth-order valence-corrected chi connectivity index (χ4v) is 3.65. The minimum atomic E-state index is -4.87. The van der Waals surface area contributed by atoms with Crippen molar-refractivity contribution in [2.24, 2.45) is 0 Å². The second-order valence-corrected chi connectivity index (χ2v) is 8.28. The van der Waals surface area contributed by atoms with E-state index in [0.717, 1.165) is 24.3 Å². The van der Waals surface area contributed by atoms with Crippen molar-refractivity contribution in [1.82, 2.24) is 0 Å². The second kappa shape index (κ2) is 8.86. The van der Waals surface area contributed by atoms with Crippen molar-refractivity contribution in [2.45, 2.75) is 11.3 Å². The average molecular weight is 471 g/mol. The summed E-state index contributed by atoms with van der Waals surface area (Å²) in [6.07, 6.45) is -4.87. The standard InChI is InChI=1S/C20H14ClF3N2O4S/c21-14-3-7-15(8-4-14)25-19(27)13-1-5-16(6-2-13)26-31(28,29)18-11-9-17(10-12-18)30-20(22,23)24/h1-12,26H,(H,25,27). The van der Waals surface area contributed by atoms with E-state index in [1.165, 1.54) is 24.3 Å². The quantitative estimate of drug-likeness (QED) is 0.512. The van der Waals surface area contributed by atoms with Crippen LogP contribution < -0.4 is 14.8 Å². The van der Waals surface area contributed by atoms with Crippen LogP contribution in [0.4, 0.5) is 24.5 Å². The van der Waals surface area contributed by atoms with Gasteiger partial charge in [-0.2, -0.15) is 0 Å². The summed E-state index contributed by atoms with van der Waals surface area (Å²) in [5.74, 6) is -0.945. The van der Waals surface area contributed by atoms with Gasteiger partial charge < -0.3 is 10.1 Å². The van der Waals surface area contributed by atoms with Gasteiger partial charge in [0.25, 0.3) is 15.9 Å². The normalized spacial score (nSPS) is 11.6. The Labute approximate surface area is 180 Å². The molecule has 0 aliphatic carbocycles. The first kappa shape index (κ1) is 22.4. The number of alkyl halides is 3. The van der Waals surface area contributed by atoms with Gasteiger partial charge in [0, 0.05) is 22.0 Å². The first-order valence-electron chi connectivity index (χ1n) is 8.57. The topological polar surface area (TPSA) is 84.5 Å². The highest BCUT2D eigenvalue weighted by Crippen LogP contribution is 2.25. The predicted molar refractivity (Wildman–Crippen MR) is 110 cm³/mol. The van der Waals surface area contributed by atoms with Crippen molar-refractivity contribution >= 4 is 38.9 Å². The van der Waals surface area contributed by atoms with Crippen LogP contribution in [0.1, 0.15) is 10.4 Å². The summed E-state index contributed by atoms with van der Waals surface area (Å²) in [6, 6.07) is 15.9. The number of carbonyl (C=O) groups excluding carboxylic acids is 1. The number of rotatable bonds is 6. The molecule has 0 heterocycles. The molecule has 0 spiro atoms. The third-order valence-electron chi connectivity index (χ3n) is 3.87. The Kier molecular flexibility index (Phi) is 6.42. The largest absolute Gasteiger partial charge is 0.573 e. The first-order valence-corrected chi connectivity index (χ1v) is 10.4. The molecule has 2 N–H and O–H groups in total. The Balaban J connectivity index is 1.66. The van der Waals surface area contributed by atoms with Gasteiger partial charge in [-0.25, -0.2) is 8.42 Å². The van der Waals surface area contributed by atoms with Gasteiger partial charge in [0.1, 0.15) is 5.75 Å². The molecule has 0 fully saturated rings. The van der Waals surface area contributed by atoms with Crippen LogP contribution >= 0.6 is 11.6 Å². The molecule has 162 valence electrons. The van der Waals surface area contributed by atoms with Crippen LogP contribution in [0.15, 0.2) is 77.7 Å². The first-order chi connectivity index (χ1) is 14.5. The van der Waals surface area contributed by atoms with Crippen LogP contribution in [-0.2, 0) is 10.0 Å². The zero-order valence-corrected chi connectivity index (χ0v) is 17.1. The fourth-order valence-electron chi connectivity index (χ4n) is 2.46. The molecule has 3 rings (SSSR count). The molecule has 0 aromatic heterocycles. The molecule has 1 amide bonds. The number of anilines is 2. The van der Waals surface area contributed by atoms with Crippen LogP contribution in [-0.4, -0.2) is 20.7 Å². The molecular formula is C20H14ClF3N2O4S. The third kappa shape index (κ3) is 6.37. The van der Waals surface area contributed by atoms with E-state index in [1.807, 2.05) is 0 Å². The molecule has 3 aromatic rings. The van der Waals surface area contributed by atoms with E-state index in [0.29, 0.717) is 10.7 Å². The number of benzene rings is 3. The van der Waals surface area contributed by atoms with Crippen molar-refractivity contribution in [1.29, 1.82) is 0 Å². The van der Waals surface area contributed by atoms with Crippen LogP contribution in [0.3, 0.4) is 0 Å². The summed E-state index contributed by atoms with van der Waals surface area (Å²) >= 11 is 5.79. The molecule has 0 unspecified atom stereocenters. The Hall–Kier alpha value is -3.24. The van der Waals surface area contributed by atoms with Crippen LogP contribution in [0, 0.1) is 0 Å². The molecule has 6 nitrogen and oxygen atoms in total. The highest BCUT2D eigenvalue weighted by Gasteiger charge is 2.31. The molecule has 0 atom stereocenters. The molecule has 0 aliphatic rings. The summed E-state index contributed by atoms with van der Waals surface area (Å²) in [7, 11) is -4.06. The minimum Gasteiger partial charge on any atom is -0.406 e. The lowest BCUT2D eigenvalue weighted by molar-refractivity contribution is -0.274. The molecule has 0 saturated carbocycles. The molecule has 0 saturated heterocycles. The monoisotopic (exact) mass is 470 g/mol. The van der Waals surface area contributed by atoms with E-state index < -0.39 is 28.0 Å². The van der Waals surface area contributed by atoms with Crippen LogP contribution in [0.5, 0.6) is 5.75 Å². The summed E-state index contributed by atoms with van der Waals surface area (Å²) in [5, 5.41) is 3.20. The van der Waals surface area contributed by atoms with Gasteiger partial charge in [0.05, 0.1) is 4.90 Å². The maximum Gasteiger partial charge on any atom is 0.573 e. The summed E-state index contributed by atoms with van der Waals surface area (Å²) in [4.78, 5) is 12.0. The van der Waals surface area contributed by atoms with Crippen LogP contribution in [0.25, 0.3) is 0 Å². The molecule has 0 bridgehead atoms. The third-order valence-corrected chi connectivity index (χ3v) is 5.52. The van der Waals surface area contributed by atoms with Gasteiger partial charge in [0.15, 0.2) is 0 Å². The van der Waals surface area contributed by atoms with Crippen molar-refractivity contribution in [3.63, 3.8) is 0 Å². The van der Waals surface area contributed by atoms with Crippen LogP contribution in [0.2, 0.25) is 5.02 Å². The zero-order chi connectivity index (χ0) is 22.6. The van der Waals surface area contributed by atoms with E-state index in [9.17, 15) is 26.4 Å². The van der Waals surface area contributed by atoms with Gasteiger partial charge in [-0.05, 0) is 72.8 Å². The highest BCUT2D eigenvalue weighted by molar-refractivity contribution is 7.92. The molecule has 31 heavy (non-hydrogen) atoms. The number of hydrogen-bond donors (Lipinski definition) is 2. The number of hydrogen-bond acceptors (Lipinski definition) is 4. The lowest BCUT2D eigenvalue weighted by Crippen LogP contribution is -2.17. The summed E-state index contributed by atoms with van der Waals surface area (Å²) in [5.41, 5.74) is 0.988. The number of amides is 1. The van der Waals surface area contributed by atoms with Gasteiger partial charge >= 0.3 is 6.36 Å². The molecule has 0 aliphatic heterocycles. The van der Waals surface area contributed by atoms with Crippen molar-refractivity contribution in [3.05, 3.63) is 83.4 Å². The van der Waals surface area contributed by atoms with Crippen molar-refractivity contribution in [2.75, 3.05) is 10.0 Å². The number of halogens is 4. The molecular weight excluding hydrogens is 457 g/mol. The maximum atomic E-state index is 12.4. The smallest absolute Gasteiger partial charge is 0.406 e. The molecule has 11 heteroatoms. The minimum absolute atomic E-state index is 0.165. The number of carbonyl (C=O) groups is 1. The molecule has 0 radical (unpaired) electrons. The number of sulfonamides is 1. The lowest BCUT2D eigenvalue weighted by Gasteiger charge is -2.11.